The molecule has 25 heavy (non-hydrogen) atoms. The summed E-state index contributed by atoms with van der Waals surface area (Å²) in [6.45, 7) is 0. The van der Waals surface area contributed by atoms with E-state index in [1.54, 1.807) is 6.07 Å². The Morgan fingerprint density at radius 3 is 2.24 bits per heavy atom. The fourth-order valence-corrected chi connectivity index (χ4v) is 3.33. The van der Waals surface area contributed by atoms with Gasteiger partial charge in [-0.1, -0.05) is 78.7 Å². The fraction of sp³-hybridized carbons (Fsp3) is 0.0952. The van der Waals surface area contributed by atoms with Crippen LogP contribution in [0.4, 0.5) is 5.69 Å². The Bertz CT molecular complexity index is 835. The van der Waals surface area contributed by atoms with Crippen LogP contribution in [0.3, 0.4) is 0 Å². The predicted octanol–water partition coefficient (Wildman–Crippen LogP) is 5.35. The molecule has 3 rings (SSSR count). The van der Waals surface area contributed by atoms with Gasteiger partial charge in [0.15, 0.2) is 0 Å². The quantitative estimate of drug-likeness (QED) is 0.446. The number of benzene rings is 3. The smallest absolute Gasteiger partial charge is 0.337 e. The number of carbonyl (C=O) groups is 1. The summed E-state index contributed by atoms with van der Waals surface area (Å²) in [5, 5.41) is 9.41. The molecule has 0 radical (unpaired) electrons. The maximum absolute atomic E-state index is 11.5. The lowest BCUT2D eigenvalue weighted by atomic mass is 10.0. The Balaban J connectivity index is 1.71. The summed E-state index contributed by atoms with van der Waals surface area (Å²) < 4.78 is 3.21. The van der Waals surface area contributed by atoms with Gasteiger partial charge in [0.05, 0.1) is 11.3 Å². The van der Waals surface area contributed by atoms with Crippen LogP contribution in [0.2, 0.25) is 0 Å². The van der Waals surface area contributed by atoms with Crippen LogP contribution < -0.4 is 4.72 Å². The van der Waals surface area contributed by atoms with Crippen molar-refractivity contribution < 1.29 is 9.90 Å². The van der Waals surface area contributed by atoms with E-state index in [-0.39, 0.29) is 5.56 Å². The molecule has 3 aromatic rings. The summed E-state index contributed by atoms with van der Waals surface area (Å²) in [4.78, 5) is 11.5. The van der Waals surface area contributed by atoms with Crippen LogP contribution in [0.25, 0.3) is 11.1 Å². The molecule has 3 nitrogen and oxygen atoms in total. The largest absolute Gasteiger partial charge is 0.478 e. The van der Waals surface area contributed by atoms with Crippen LogP contribution in [-0.4, -0.2) is 16.8 Å². The zero-order valence-electron chi connectivity index (χ0n) is 13.7. The van der Waals surface area contributed by atoms with Crippen molar-refractivity contribution in [2.45, 2.75) is 6.42 Å². The van der Waals surface area contributed by atoms with Gasteiger partial charge < -0.3 is 9.83 Å². The van der Waals surface area contributed by atoms with Crippen LogP contribution in [0.15, 0.2) is 78.9 Å². The lowest BCUT2D eigenvalue weighted by Crippen LogP contribution is -2.03. The van der Waals surface area contributed by atoms with Crippen molar-refractivity contribution in [1.29, 1.82) is 0 Å². The number of anilines is 1. The first kappa shape index (κ1) is 17.1. The summed E-state index contributed by atoms with van der Waals surface area (Å²) in [7, 11) is 0. The van der Waals surface area contributed by atoms with Gasteiger partial charge in [0.2, 0.25) is 0 Å². The van der Waals surface area contributed by atoms with Gasteiger partial charge in [-0.15, -0.1) is 0 Å². The molecule has 0 amide bonds. The van der Waals surface area contributed by atoms with E-state index in [0.717, 1.165) is 23.3 Å². The van der Waals surface area contributed by atoms with Gasteiger partial charge in [-0.25, -0.2) is 4.79 Å². The zero-order chi connectivity index (χ0) is 17.5. The van der Waals surface area contributed by atoms with Crippen molar-refractivity contribution in [1.82, 2.24) is 0 Å². The lowest BCUT2D eigenvalue weighted by Gasteiger charge is -2.11. The van der Waals surface area contributed by atoms with E-state index >= 15 is 0 Å². The van der Waals surface area contributed by atoms with Crippen LogP contribution in [0, 0.1) is 0 Å². The van der Waals surface area contributed by atoms with Crippen molar-refractivity contribution in [2.75, 3.05) is 10.5 Å². The molecule has 4 heteroatoms. The first-order valence-electron chi connectivity index (χ1n) is 8.08. The normalized spacial score (nSPS) is 10.4. The molecule has 0 heterocycles. The minimum absolute atomic E-state index is 0.284. The molecular weight excluding hydrogens is 330 g/mol. The second-order valence-electron chi connectivity index (χ2n) is 5.62. The SMILES string of the molecule is O=C(O)c1ccc(-c2ccccc2)cc1NSCCc1ccccc1. The van der Waals surface area contributed by atoms with Crippen molar-refractivity contribution in [2.24, 2.45) is 0 Å². The molecule has 3 aromatic carbocycles. The molecule has 0 atom stereocenters. The molecule has 0 saturated carbocycles. The first-order valence-corrected chi connectivity index (χ1v) is 9.07. The molecular formula is C21H19NO2S. The van der Waals surface area contributed by atoms with E-state index in [2.05, 4.69) is 16.9 Å². The molecule has 0 spiro atoms. The average molecular weight is 349 g/mol. The highest BCUT2D eigenvalue weighted by Gasteiger charge is 2.11. The highest BCUT2D eigenvalue weighted by molar-refractivity contribution is 8.00. The van der Waals surface area contributed by atoms with Gasteiger partial charge in [-0.3, -0.25) is 0 Å². The van der Waals surface area contributed by atoms with Gasteiger partial charge in [0, 0.05) is 5.75 Å². The topological polar surface area (TPSA) is 49.3 Å². The van der Waals surface area contributed by atoms with Gasteiger partial charge >= 0.3 is 5.97 Å². The van der Waals surface area contributed by atoms with E-state index in [9.17, 15) is 9.90 Å². The molecule has 0 fully saturated rings. The average Bonchev–Trinajstić information content (AvgIpc) is 2.66. The summed E-state index contributed by atoms with van der Waals surface area (Å²) in [5.41, 5.74) is 4.25. The number of hydrogen-bond acceptors (Lipinski definition) is 3. The molecule has 0 aliphatic heterocycles. The molecule has 0 unspecified atom stereocenters. The van der Waals surface area contributed by atoms with Crippen molar-refractivity contribution in [3.8, 4) is 11.1 Å². The molecule has 0 bridgehead atoms. The van der Waals surface area contributed by atoms with E-state index in [1.165, 1.54) is 17.5 Å². The Kier molecular flexibility index (Phi) is 5.75. The van der Waals surface area contributed by atoms with E-state index in [1.807, 2.05) is 60.7 Å². The van der Waals surface area contributed by atoms with Gasteiger partial charge in [0.1, 0.15) is 0 Å². The molecule has 0 aliphatic rings. The molecule has 0 aliphatic carbocycles. The highest BCUT2D eigenvalue weighted by Crippen LogP contribution is 2.27. The summed E-state index contributed by atoms with van der Waals surface area (Å²) in [6.07, 6.45) is 0.930. The Labute approximate surface area is 151 Å². The lowest BCUT2D eigenvalue weighted by molar-refractivity contribution is 0.0698. The third kappa shape index (κ3) is 4.64. The fourth-order valence-electron chi connectivity index (χ4n) is 2.57. The number of hydrogen-bond donors (Lipinski definition) is 2. The number of carboxylic acids is 1. The number of nitrogens with one attached hydrogen (secondary N) is 1. The summed E-state index contributed by atoms with van der Waals surface area (Å²) in [5.74, 6) is -0.0655. The summed E-state index contributed by atoms with van der Waals surface area (Å²) in [6, 6.07) is 25.6. The predicted molar refractivity (Wildman–Crippen MR) is 105 cm³/mol. The van der Waals surface area contributed by atoms with Crippen molar-refractivity contribution >= 4 is 23.6 Å². The molecule has 0 aromatic heterocycles. The van der Waals surface area contributed by atoms with Gasteiger partial charge in [-0.05, 0) is 35.2 Å². The molecule has 0 saturated heterocycles. The third-order valence-electron chi connectivity index (χ3n) is 3.87. The Morgan fingerprint density at radius 2 is 1.56 bits per heavy atom. The van der Waals surface area contributed by atoms with E-state index in [4.69, 9.17) is 0 Å². The number of carboxylic acid groups (broad SMARTS) is 1. The molecule has 126 valence electrons. The highest BCUT2D eigenvalue weighted by atomic mass is 32.2. The number of aryl methyl sites for hydroxylation is 1. The minimum atomic E-state index is -0.925. The van der Waals surface area contributed by atoms with Crippen LogP contribution in [0.1, 0.15) is 15.9 Å². The van der Waals surface area contributed by atoms with Crippen molar-refractivity contribution in [3.63, 3.8) is 0 Å². The number of aromatic carboxylic acids is 1. The summed E-state index contributed by atoms with van der Waals surface area (Å²) >= 11 is 1.52. The van der Waals surface area contributed by atoms with Crippen molar-refractivity contribution in [3.05, 3.63) is 90.0 Å². The van der Waals surface area contributed by atoms with Crippen LogP contribution in [-0.2, 0) is 6.42 Å². The maximum atomic E-state index is 11.5. The monoisotopic (exact) mass is 349 g/mol. The third-order valence-corrected chi connectivity index (χ3v) is 4.65. The number of rotatable bonds is 7. The van der Waals surface area contributed by atoms with E-state index in [0.29, 0.717) is 5.69 Å². The Morgan fingerprint density at radius 1 is 0.880 bits per heavy atom. The van der Waals surface area contributed by atoms with E-state index < -0.39 is 5.97 Å². The van der Waals surface area contributed by atoms with Crippen LogP contribution in [0.5, 0.6) is 0 Å². The second-order valence-corrected chi connectivity index (χ2v) is 6.52. The Hall–Kier alpha value is -2.72. The first-order chi connectivity index (χ1) is 12.2. The molecule has 2 N–H and O–H groups in total. The zero-order valence-corrected chi connectivity index (χ0v) is 14.5. The maximum Gasteiger partial charge on any atom is 0.337 e. The second kappa shape index (κ2) is 8.40. The van der Waals surface area contributed by atoms with Gasteiger partial charge in [-0.2, -0.15) is 0 Å². The van der Waals surface area contributed by atoms with Gasteiger partial charge in [0.25, 0.3) is 0 Å². The minimum Gasteiger partial charge on any atom is -0.478 e. The standard InChI is InChI=1S/C21H19NO2S/c23-21(24)19-12-11-18(17-9-5-2-6-10-17)15-20(19)22-25-14-13-16-7-3-1-4-8-16/h1-12,15,22H,13-14H2,(H,23,24). The van der Waals surface area contributed by atoms with Crippen LogP contribution >= 0.6 is 11.9 Å².